The molecule has 0 unspecified atom stereocenters. The third-order valence-electron chi connectivity index (χ3n) is 3.38. The molecule has 0 aliphatic carbocycles. The average Bonchev–Trinajstić information content (AvgIpc) is 2.72. The average molecular weight is 334 g/mol. The van der Waals surface area contributed by atoms with Gasteiger partial charge in [0.15, 0.2) is 0 Å². The van der Waals surface area contributed by atoms with Gasteiger partial charge in [-0.2, -0.15) is 13.2 Å². The molecule has 1 aromatic heterocycles. The Labute approximate surface area is 126 Å². The normalized spacial score (nSPS) is 12.9. The number of aryl methyl sites for hydroxylation is 1. The summed E-state index contributed by atoms with van der Waals surface area (Å²) in [5, 5.41) is 0.995. The molecular weight excluding hydrogens is 317 g/mol. The molecule has 2 rings (SSSR count). The van der Waals surface area contributed by atoms with Crippen molar-refractivity contribution in [2.45, 2.75) is 25.9 Å². The molecule has 22 heavy (non-hydrogen) atoms. The predicted molar refractivity (Wildman–Crippen MR) is 79.2 cm³/mol. The summed E-state index contributed by atoms with van der Waals surface area (Å²) in [7, 11) is -3.91. The van der Waals surface area contributed by atoms with Crippen molar-refractivity contribution in [3.8, 4) is 0 Å². The maximum absolute atomic E-state index is 12.1. The van der Waals surface area contributed by atoms with Gasteiger partial charge < -0.3 is 4.98 Å². The molecular formula is C14H17F3N2O2S. The molecule has 0 atom stereocenters. The minimum Gasteiger partial charge on any atom is -0.358 e. The predicted octanol–water partition coefficient (Wildman–Crippen LogP) is 2.89. The molecule has 1 aromatic carbocycles. The summed E-state index contributed by atoms with van der Waals surface area (Å²) in [5.74, 6) is -0.941. The van der Waals surface area contributed by atoms with Gasteiger partial charge in [-0.15, -0.1) is 0 Å². The summed E-state index contributed by atoms with van der Waals surface area (Å²) in [6.07, 6.45) is -5.39. The lowest BCUT2D eigenvalue weighted by Crippen LogP contribution is -2.30. The first kappa shape index (κ1) is 16.8. The van der Waals surface area contributed by atoms with Crippen molar-refractivity contribution < 1.29 is 21.6 Å². The van der Waals surface area contributed by atoms with Crippen LogP contribution in [-0.4, -0.2) is 31.9 Å². The van der Waals surface area contributed by atoms with Crippen molar-refractivity contribution in [1.82, 2.24) is 9.71 Å². The highest BCUT2D eigenvalue weighted by molar-refractivity contribution is 7.89. The van der Waals surface area contributed by atoms with Gasteiger partial charge in [0.1, 0.15) is 0 Å². The number of halogens is 3. The van der Waals surface area contributed by atoms with Gasteiger partial charge >= 0.3 is 6.18 Å². The van der Waals surface area contributed by atoms with Gasteiger partial charge in [-0.1, -0.05) is 18.2 Å². The van der Waals surface area contributed by atoms with E-state index in [0.717, 1.165) is 22.2 Å². The van der Waals surface area contributed by atoms with E-state index in [-0.39, 0.29) is 6.54 Å². The highest BCUT2D eigenvalue weighted by atomic mass is 32.2. The number of benzene rings is 1. The fraction of sp³-hybridized carbons (Fsp3) is 0.429. The van der Waals surface area contributed by atoms with Crippen LogP contribution in [-0.2, 0) is 16.4 Å². The molecule has 0 spiro atoms. The van der Waals surface area contributed by atoms with Crippen LogP contribution in [0.2, 0.25) is 0 Å². The number of para-hydroxylation sites is 1. The molecule has 1 heterocycles. The van der Waals surface area contributed by atoms with Crippen molar-refractivity contribution in [2.75, 3.05) is 12.3 Å². The van der Waals surface area contributed by atoms with Crippen LogP contribution in [0.25, 0.3) is 10.9 Å². The lowest BCUT2D eigenvalue weighted by molar-refractivity contribution is -0.129. The maximum atomic E-state index is 12.1. The molecule has 0 saturated carbocycles. The van der Waals surface area contributed by atoms with Crippen LogP contribution >= 0.6 is 0 Å². The third-order valence-corrected chi connectivity index (χ3v) is 4.76. The van der Waals surface area contributed by atoms with Crippen molar-refractivity contribution >= 4 is 20.9 Å². The van der Waals surface area contributed by atoms with Crippen LogP contribution in [0.5, 0.6) is 0 Å². The van der Waals surface area contributed by atoms with Crippen LogP contribution in [0.3, 0.4) is 0 Å². The molecule has 4 nitrogen and oxygen atoms in total. The zero-order chi connectivity index (χ0) is 16.4. The Morgan fingerprint density at radius 2 is 1.91 bits per heavy atom. The number of fused-ring (bicyclic) bond motifs is 1. The molecule has 0 saturated heterocycles. The highest BCUT2D eigenvalue weighted by Crippen LogP contribution is 2.22. The standard InChI is InChI=1S/C14H17F3N2O2S/c1-10-11(12-4-2-3-5-13(12)19-10)6-8-18-22(20,21)9-7-14(15,16)17/h2-5,18-19H,6-9H2,1H3. The number of alkyl halides is 3. The Hall–Kier alpha value is -1.54. The van der Waals surface area contributed by atoms with E-state index in [1.165, 1.54) is 0 Å². The summed E-state index contributed by atoms with van der Waals surface area (Å²) in [5.41, 5.74) is 2.85. The molecule has 0 aliphatic heterocycles. The summed E-state index contributed by atoms with van der Waals surface area (Å²) >= 11 is 0. The first-order valence-electron chi connectivity index (χ1n) is 6.78. The van der Waals surface area contributed by atoms with Crippen molar-refractivity contribution in [3.05, 3.63) is 35.5 Å². The molecule has 0 fully saturated rings. The lowest BCUT2D eigenvalue weighted by Gasteiger charge is -2.09. The molecule has 0 bridgehead atoms. The van der Waals surface area contributed by atoms with Crippen molar-refractivity contribution in [2.24, 2.45) is 0 Å². The summed E-state index contributed by atoms with van der Waals surface area (Å²) in [6, 6.07) is 7.61. The van der Waals surface area contributed by atoms with Gasteiger partial charge in [0, 0.05) is 23.1 Å². The fourth-order valence-corrected chi connectivity index (χ4v) is 3.37. The van der Waals surface area contributed by atoms with E-state index in [2.05, 4.69) is 9.71 Å². The zero-order valence-electron chi connectivity index (χ0n) is 12.0. The largest absolute Gasteiger partial charge is 0.390 e. The molecule has 0 aliphatic rings. The quantitative estimate of drug-likeness (QED) is 0.853. The number of hydrogen-bond donors (Lipinski definition) is 2. The Bertz CT molecular complexity index is 751. The van der Waals surface area contributed by atoms with Gasteiger partial charge in [-0.05, 0) is 25.0 Å². The second-order valence-corrected chi connectivity index (χ2v) is 7.03. The second kappa shape index (κ2) is 6.29. The molecule has 2 aromatic rings. The number of aromatic amines is 1. The molecule has 2 N–H and O–H groups in total. The Kier molecular flexibility index (Phi) is 4.81. The third kappa shape index (κ3) is 4.48. The van der Waals surface area contributed by atoms with E-state index in [1.807, 2.05) is 31.2 Å². The second-order valence-electron chi connectivity index (χ2n) is 5.10. The van der Waals surface area contributed by atoms with Crippen LogP contribution in [0.4, 0.5) is 13.2 Å². The first-order valence-corrected chi connectivity index (χ1v) is 8.43. The van der Waals surface area contributed by atoms with Crippen LogP contribution in [0, 0.1) is 6.92 Å². The monoisotopic (exact) mass is 334 g/mol. The van der Waals surface area contributed by atoms with E-state index in [1.54, 1.807) is 0 Å². The van der Waals surface area contributed by atoms with Crippen LogP contribution in [0.15, 0.2) is 24.3 Å². The number of aromatic nitrogens is 1. The summed E-state index contributed by atoms with van der Waals surface area (Å²) in [4.78, 5) is 3.19. The van der Waals surface area contributed by atoms with E-state index in [4.69, 9.17) is 0 Å². The van der Waals surface area contributed by atoms with Gasteiger partial charge in [-0.25, -0.2) is 13.1 Å². The molecule has 122 valence electrons. The first-order chi connectivity index (χ1) is 10.2. The maximum Gasteiger partial charge on any atom is 0.390 e. The number of H-pyrrole nitrogens is 1. The Morgan fingerprint density at radius 3 is 2.59 bits per heavy atom. The van der Waals surface area contributed by atoms with Crippen molar-refractivity contribution in [1.29, 1.82) is 0 Å². The SMILES string of the molecule is Cc1[nH]c2ccccc2c1CCNS(=O)(=O)CCC(F)(F)F. The molecule has 0 amide bonds. The van der Waals surface area contributed by atoms with Crippen LogP contribution in [0.1, 0.15) is 17.7 Å². The number of sulfonamides is 1. The lowest BCUT2D eigenvalue weighted by atomic mass is 10.1. The van der Waals surface area contributed by atoms with E-state index in [0.29, 0.717) is 6.42 Å². The van der Waals surface area contributed by atoms with Gasteiger partial charge in [-0.3, -0.25) is 0 Å². The van der Waals surface area contributed by atoms with Gasteiger partial charge in [0.2, 0.25) is 10.0 Å². The Balaban J connectivity index is 1.97. The van der Waals surface area contributed by atoms with Crippen LogP contribution < -0.4 is 4.72 Å². The Morgan fingerprint density at radius 1 is 1.23 bits per heavy atom. The minimum atomic E-state index is -4.47. The molecule has 8 heteroatoms. The minimum absolute atomic E-state index is 0.0723. The topological polar surface area (TPSA) is 62.0 Å². The van der Waals surface area contributed by atoms with E-state index < -0.39 is 28.4 Å². The summed E-state index contributed by atoms with van der Waals surface area (Å²) < 4.78 is 61.5. The number of nitrogens with one attached hydrogen (secondary N) is 2. The van der Waals surface area contributed by atoms with Gasteiger partial charge in [0.25, 0.3) is 0 Å². The van der Waals surface area contributed by atoms with E-state index >= 15 is 0 Å². The van der Waals surface area contributed by atoms with E-state index in [9.17, 15) is 21.6 Å². The fourth-order valence-electron chi connectivity index (χ4n) is 2.31. The zero-order valence-corrected chi connectivity index (χ0v) is 12.8. The molecule has 0 radical (unpaired) electrons. The number of rotatable bonds is 6. The highest BCUT2D eigenvalue weighted by Gasteiger charge is 2.29. The van der Waals surface area contributed by atoms with Gasteiger partial charge in [0.05, 0.1) is 12.2 Å². The van der Waals surface area contributed by atoms with Crippen molar-refractivity contribution in [3.63, 3.8) is 0 Å². The summed E-state index contributed by atoms with van der Waals surface area (Å²) in [6.45, 7) is 1.95. The number of hydrogen-bond acceptors (Lipinski definition) is 2. The smallest absolute Gasteiger partial charge is 0.358 e.